The van der Waals surface area contributed by atoms with Crippen LogP contribution in [0.25, 0.3) is 0 Å². The molecule has 5 nitrogen and oxygen atoms in total. The number of aromatic amines is 1. The van der Waals surface area contributed by atoms with Crippen molar-refractivity contribution in [2.24, 2.45) is 0 Å². The number of hydrogen-bond acceptors (Lipinski definition) is 3. The normalized spacial score (nSPS) is 19.9. The fourth-order valence-corrected chi connectivity index (χ4v) is 4.25. The number of halogens is 1. The maximum absolute atomic E-state index is 12.8. The van der Waals surface area contributed by atoms with Crippen molar-refractivity contribution in [2.45, 2.75) is 38.4 Å². The molecule has 0 radical (unpaired) electrons. The highest BCUT2D eigenvalue weighted by molar-refractivity contribution is 6.30. The van der Waals surface area contributed by atoms with Gasteiger partial charge >= 0.3 is 0 Å². The Morgan fingerprint density at radius 3 is 2.80 bits per heavy atom. The molecule has 2 aliphatic rings. The van der Waals surface area contributed by atoms with Gasteiger partial charge in [-0.15, -0.1) is 0 Å². The summed E-state index contributed by atoms with van der Waals surface area (Å²) in [7, 11) is 2.15. The van der Waals surface area contributed by atoms with Gasteiger partial charge in [0.25, 0.3) is 5.56 Å². The number of likely N-dealkylation sites (tertiary alicyclic amines) is 1. The molecular formula is C19H25ClN4O. The van der Waals surface area contributed by atoms with Crippen molar-refractivity contribution in [3.63, 3.8) is 0 Å². The van der Waals surface area contributed by atoms with E-state index in [-0.39, 0.29) is 5.56 Å². The number of fused-ring (bicyclic) bond motifs is 1. The molecule has 0 bridgehead atoms. The van der Waals surface area contributed by atoms with Crippen LogP contribution < -0.4 is 5.56 Å². The van der Waals surface area contributed by atoms with E-state index in [1.807, 2.05) is 22.9 Å². The number of rotatable bonds is 3. The van der Waals surface area contributed by atoms with Crippen molar-refractivity contribution in [2.75, 3.05) is 26.7 Å². The van der Waals surface area contributed by atoms with E-state index in [1.54, 1.807) is 0 Å². The molecule has 0 atom stereocenters. The summed E-state index contributed by atoms with van der Waals surface area (Å²) in [5.41, 5.74) is 3.50. The zero-order valence-electron chi connectivity index (χ0n) is 14.7. The van der Waals surface area contributed by atoms with Crippen LogP contribution in [0.3, 0.4) is 0 Å². The van der Waals surface area contributed by atoms with Gasteiger partial charge in [-0.2, -0.15) is 0 Å². The monoisotopic (exact) mass is 360 g/mol. The van der Waals surface area contributed by atoms with Gasteiger partial charge in [0.2, 0.25) is 0 Å². The van der Waals surface area contributed by atoms with Crippen LogP contribution in [-0.4, -0.2) is 46.3 Å². The van der Waals surface area contributed by atoms with Crippen LogP contribution in [0.2, 0.25) is 5.02 Å². The Labute approximate surface area is 153 Å². The van der Waals surface area contributed by atoms with Gasteiger partial charge in [0.1, 0.15) is 0 Å². The van der Waals surface area contributed by atoms with E-state index >= 15 is 0 Å². The number of H-pyrrole nitrogens is 1. The van der Waals surface area contributed by atoms with Gasteiger partial charge in [0.05, 0.1) is 11.7 Å². The van der Waals surface area contributed by atoms with E-state index in [0.717, 1.165) is 68.3 Å². The summed E-state index contributed by atoms with van der Waals surface area (Å²) >= 11 is 6.09. The smallest absolute Gasteiger partial charge is 0.270 e. The molecule has 0 aliphatic carbocycles. The van der Waals surface area contributed by atoms with Gasteiger partial charge in [-0.05, 0) is 57.1 Å². The van der Waals surface area contributed by atoms with E-state index in [4.69, 9.17) is 11.6 Å². The predicted molar refractivity (Wildman–Crippen MR) is 100 cm³/mol. The van der Waals surface area contributed by atoms with Gasteiger partial charge in [-0.3, -0.25) is 14.8 Å². The zero-order valence-corrected chi connectivity index (χ0v) is 15.4. The Kier molecular flexibility index (Phi) is 4.71. The van der Waals surface area contributed by atoms with Gasteiger partial charge in [0.15, 0.2) is 0 Å². The number of aromatic nitrogens is 2. The molecule has 1 N–H and O–H groups in total. The molecule has 1 aromatic heterocycles. The summed E-state index contributed by atoms with van der Waals surface area (Å²) in [6.07, 6.45) is 2.91. The van der Waals surface area contributed by atoms with Crippen molar-refractivity contribution in [1.82, 2.24) is 19.6 Å². The van der Waals surface area contributed by atoms with Gasteiger partial charge in [0, 0.05) is 30.2 Å². The molecule has 3 heterocycles. The fraction of sp³-hybridized carbons (Fsp3) is 0.526. The molecule has 1 fully saturated rings. The lowest BCUT2D eigenvalue weighted by Crippen LogP contribution is -2.35. The Bertz CT molecular complexity index is 804. The lowest BCUT2D eigenvalue weighted by atomic mass is 10.1. The van der Waals surface area contributed by atoms with Crippen LogP contribution in [0.5, 0.6) is 0 Å². The number of nitrogens with zero attached hydrogens (tertiary/aromatic N) is 3. The average Bonchev–Trinajstić information content (AvgIpc) is 2.92. The second-order valence-electron chi connectivity index (χ2n) is 7.37. The molecule has 1 aromatic carbocycles. The third-order valence-electron chi connectivity index (χ3n) is 5.50. The Morgan fingerprint density at radius 2 is 2.04 bits per heavy atom. The minimum Gasteiger partial charge on any atom is -0.306 e. The van der Waals surface area contributed by atoms with Crippen LogP contribution in [0, 0.1) is 0 Å². The summed E-state index contributed by atoms with van der Waals surface area (Å²) in [5.74, 6) is 0. The first-order chi connectivity index (χ1) is 12.1. The number of nitrogens with one attached hydrogen (secondary N) is 1. The second-order valence-corrected chi connectivity index (χ2v) is 7.81. The van der Waals surface area contributed by atoms with Gasteiger partial charge < -0.3 is 4.90 Å². The quantitative estimate of drug-likeness (QED) is 0.915. The minimum absolute atomic E-state index is 0.201. The highest BCUT2D eigenvalue weighted by Gasteiger charge is 2.26. The predicted octanol–water partition coefficient (Wildman–Crippen LogP) is 2.65. The standard InChI is InChI=1S/C19H25ClN4O/c1-22-8-5-16(6-9-22)24-19(25)17-7-10-23(13-18(17)21-24)12-14-3-2-4-15(20)11-14/h2-4,11,16,21H,5-10,12-13H2,1H3. The summed E-state index contributed by atoms with van der Waals surface area (Å²) in [5, 5.41) is 4.21. The van der Waals surface area contributed by atoms with Crippen molar-refractivity contribution < 1.29 is 0 Å². The van der Waals surface area contributed by atoms with Crippen LogP contribution in [0.4, 0.5) is 0 Å². The summed E-state index contributed by atoms with van der Waals surface area (Å²) in [4.78, 5) is 17.5. The average molecular weight is 361 g/mol. The molecule has 0 amide bonds. The molecule has 0 saturated carbocycles. The molecule has 4 rings (SSSR count). The van der Waals surface area contributed by atoms with Crippen molar-refractivity contribution in [1.29, 1.82) is 0 Å². The third-order valence-corrected chi connectivity index (χ3v) is 5.74. The van der Waals surface area contributed by atoms with Crippen LogP contribution in [-0.2, 0) is 19.5 Å². The van der Waals surface area contributed by atoms with Gasteiger partial charge in [-0.25, -0.2) is 4.68 Å². The van der Waals surface area contributed by atoms with Gasteiger partial charge in [-0.1, -0.05) is 23.7 Å². The van der Waals surface area contributed by atoms with E-state index in [2.05, 4.69) is 28.0 Å². The molecule has 1 saturated heterocycles. The van der Waals surface area contributed by atoms with E-state index in [9.17, 15) is 4.79 Å². The van der Waals surface area contributed by atoms with Crippen LogP contribution in [0.15, 0.2) is 29.1 Å². The van der Waals surface area contributed by atoms with E-state index in [1.165, 1.54) is 5.56 Å². The lowest BCUT2D eigenvalue weighted by Gasteiger charge is -2.29. The highest BCUT2D eigenvalue weighted by atomic mass is 35.5. The molecule has 6 heteroatoms. The summed E-state index contributed by atoms with van der Waals surface area (Å²) in [6.45, 7) is 4.70. The molecule has 2 aliphatic heterocycles. The maximum atomic E-state index is 12.8. The highest BCUT2D eigenvalue weighted by Crippen LogP contribution is 2.23. The Morgan fingerprint density at radius 1 is 1.24 bits per heavy atom. The van der Waals surface area contributed by atoms with Crippen molar-refractivity contribution in [3.8, 4) is 0 Å². The Balaban J connectivity index is 1.50. The molecule has 0 spiro atoms. The molecular weight excluding hydrogens is 336 g/mol. The SMILES string of the molecule is CN1CCC(n2[nH]c3c(c2=O)CCN(Cc2cccc(Cl)c2)C3)CC1. The number of hydrogen-bond donors (Lipinski definition) is 1. The van der Waals surface area contributed by atoms with Crippen molar-refractivity contribution >= 4 is 11.6 Å². The van der Waals surface area contributed by atoms with Crippen molar-refractivity contribution in [3.05, 3.63) is 56.5 Å². The summed E-state index contributed by atoms with van der Waals surface area (Å²) < 4.78 is 1.90. The first kappa shape index (κ1) is 16.9. The molecule has 134 valence electrons. The minimum atomic E-state index is 0.201. The summed E-state index contributed by atoms with van der Waals surface area (Å²) in [6, 6.07) is 8.33. The number of piperidine rings is 1. The molecule has 0 unspecified atom stereocenters. The van der Waals surface area contributed by atoms with E-state index in [0.29, 0.717) is 6.04 Å². The molecule has 25 heavy (non-hydrogen) atoms. The van der Waals surface area contributed by atoms with Crippen LogP contribution in [0.1, 0.15) is 35.7 Å². The topological polar surface area (TPSA) is 44.3 Å². The first-order valence-corrected chi connectivity index (χ1v) is 9.45. The maximum Gasteiger partial charge on any atom is 0.270 e. The first-order valence-electron chi connectivity index (χ1n) is 9.08. The third kappa shape index (κ3) is 3.54. The number of benzene rings is 1. The van der Waals surface area contributed by atoms with Crippen LogP contribution >= 0.6 is 11.6 Å². The lowest BCUT2D eigenvalue weighted by molar-refractivity contribution is 0.208. The Hall–Kier alpha value is -1.56. The zero-order chi connectivity index (χ0) is 17.4. The molecule has 2 aromatic rings. The second kappa shape index (κ2) is 6.98. The van der Waals surface area contributed by atoms with E-state index < -0.39 is 0 Å². The largest absolute Gasteiger partial charge is 0.306 e. The fourth-order valence-electron chi connectivity index (χ4n) is 4.04.